The highest BCUT2D eigenvalue weighted by Gasteiger charge is 2.14. The molecule has 0 saturated heterocycles. The molecule has 0 aliphatic heterocycles. The second-order valence-electron chi connectivity index (χ2n) is 6.60. The fourth-order valence-electron chi connectivity index (χ4n) is 3.19. The van der Waals surface area contributed by atoms with Gasteiger partial charge in [-0.2, -0.15) is 0 Å². The maximum atomic E-state index is 10.9. The van der Waals surface area contributed by atoms with Crippen molar-refractivity contribution in [2.24, 2.45) is 5.73 Å². The van der Waals surface area contributed by atoms with Crippen LogP contribution in [-0.4, -0.2) is 22.4 Å². The number of pyridine rings is 1. The van der Waals surface area contributed by atoms with Gasteiger partial charge in [-0.05, 0) is 17.2 Å². The number of carbonyl (C=O) groups excluding carboxylic acids is 1. The summed E-state index contributed by atoms with van der Waals surface area (Å²) in [5, 5.41) is 4.62. The predicted molar refractivity (Wildman–Crippen MR) is 118 cm³/mol. The van der Waals surface area contributed by atoms with Gasteiger partial charge in [0.2, 0.25) is 5.91 Å². The summed E-state index contributed by atoms with van der Waals surface area (Å²) in [6.45, 7) is 0.620. The van der Waals surface area contributed by atoms with Gasteiger partial charge in [0.15, 0.2) is 0 Å². The number of nitrogens with one attached hydrogen (secondary N) is 1. The lowest BCUT2D eigenvalue weighted by atomic mass is 10.0. The highest BCUT2D eigenvalue weighted by atomic mass is 35.5. The molecule has 0 unspecified atom stereocenters. The van der Waals surface area contributed by atoms with Gasteiger partial charge < -0.3 is 11.1 Å². The van der Waals surface area contributed by atoms with Crippen LogP contribution in [0.4, 0.5) is 0 Å². The van der Waals surface area contributed by atoms with Crippen molar-refractivity contribution in [2.75, 3.05) is 6.54 Å². The Morgan fingerprint density at radius 2 is 1.93 bits per heavy atom. The minimum Gasteiger partial charge on any atom is -0.369 e. The predicted octanol–water partition coefficient (Wildman–Crippen LogP) is 4.18. The third-order valence-corrected chi connectivity index (χ3v) is 5.99. The van der Waals surface area contributed by atoms with Crippen LogP contribution in [0.1, 0.15) is 16.3 Å². The lowest BCUT2D eigenvalue weighted by Gasteiger charge is -2.10. The summed E-state index contributed by atoms with van der Waals surface area (Å²) in [5.74, 6) is -0.388. The monoisotopic (exact) mass is 422 g/mol. The van der Waals surface area contributed by atoms with E-state index in [0.29, 0.717) is 13.0 Å². The van der Waals surface area contributed by atoms with Gasteiger partial charge >= 0.3 is 0 Å². The first-order valence-corrected chi connectivity index (χ1v) is 10.4. The summed E-state index contributed by atoms with van der Waals surface area (Å²) in [4.78, 5) is 20.2. The lowest BCUT2D eigenvalue weighted by molar-refractivity contribution is -0.117. The summed E-state index contributed by atoms with van der Waals surface area (Å²) in [6, 6.07) is 18.1. The third kappa shape index (κ3) is 4.45. The van der Waals surface area contributed by atoms with E-state index in [1.807, 2.05) is 42.5 Å². The number of fused-ring (bicyclic) bond motifs is 1. The number of rotatable bonds is 7. The average molecular weight is 423 g/mol. The smallest absolute Gasteiger partial charge is 0.231 e. The molecule has 0 aliphatic rings. The number of halogens is 1. The van der Waals surface area contributed by atoms with Crippen LogP contribution in [0.2, 0.25) is 5.02 Å². The van der Waals surface area contributed by atoms with Gasteiger partial charge in [0.25, 0.3) is 0 Å². The molecule has 4 rings (SSSR count). The van der Waals surface area contributed by atoms with Gasteiger partial charge in [-0.1, -0.05) is 60.1 Å². The van der Waals surface area contributed by atoms with E-state index in [4.69, 9.17) is 22.3 Å². The Labute approximate surface area is 177 Å². The van der Waals surface area contributed by atoms with Crippen LogP contribution >= 0.6 is 22.9 Å². The fourth-order valence-corrected chi connectivity index (χ4v) is 4.44. The number of hydrogen-bond acceptors (Lipinski definition) is 5. The largest absolute Gasteiger partial charge is 0.369 e. The van der Waals surface area contributed by atoms with Crippen LogP contribution in [0.15, 0.2) is 60.8 Å². The Hall–Kier alpha value is -2.80. The molecule has 2 heterocycles. The molecule has 5 nitrogen and oxygen atoms in total. The zero-order chi connectivity index (χ0) is 20.2. The summed E-state index contributed by atoms with van der Waals surface area (Å²) in [7, 11) is 0. The number of nitrogens with zero attached hydrogens (tertiary/aromatic N) is 2. The van der Waals surface area contributed by atoms with Crippen molar-refractivity contribution in [3.63, 3.8) is 0 Å². The minimum absolute atomic E-state index is 0.128. The zero-order valence-corrected chi connectivity index (χ0v) is 17.1. The third-order valence-electron chi connectivity index (χ3n) is 4.52. The Morgan fingerprint density at radius 1 is 1.10 bits per heavy atom. The van der Waals surface area contributed by atoms with E-state index in [-0.39, 0.29) is 12.5 Å². The first-order chi connectivity index (χ1) is 14.1. The van der Waals surface area contributed by atoms with Crippen LogP contribution in [-0.2, 0) is 17.8 Å². The second kappa shape index (κ2) is 8.69. The van der Waals surface area contributed by atoms with E-state index in [9.17, 15) is 4.79 Å². The van der Waals surface area contributed by atoms with Crippen molar-refractivity contribution < 1.29 is 4.79 Å². The zero-order valence-electron chi connectivity index (χ0n) is 15.6. The van der Waals surface area contributed by atoms with Crippen molar-refractivity contribution in [3.05, 3.63) is 82.1 Å². The van der Waals surface area contributed by atoms with Crippen LogP contribution in [0, 0.1) is 0 Å². The van der Waals surface area contributed by atoms with E-state index in [1.165, 1.54) is 0 Å². The van der Waals surface area contributed by atoms with E-state index >= 15 is 0 Å². The summed E-state index contributed by atoms with van der Waals surface area (Å²) in [6.07, 6.45) is 2.39. The Bertz CT molecular complexity index is 1160. The van der Waals surface area contributed by atoms with Crippen LogP contribution in [0.3, 0.4) is 0 Å². The molecule has 0 bridgehead atoms. The number of aromatic nitrogens is 2. The number of hydrogen-bond donors (Lipinski definition) is 2. The summed E-state index contributed by atoms with van der Waals surface area (Å²) in [5.41, 5.74) is 10.0. The summed E-state index contributed by atoms with van der Waals surface area (Å²) >= 11 is 8.33. The van der Waals surface area contributed by atoms with Crippen molar-refractivity contribution >= 4 is 39.1 Å². The number of nitrogens with two attached hydrogens (primary N) is 1. The molecule has 1 amide bonds. The number of benzene rings is 2. The normalized spacial score (nSPS) is 11.1. The SMILES string of the molecule is NC(=O)CNCc1nc2c(Cc3cccc(-c4ccccc4)c3Cl)nccc2s1. The molecule has 0 radical (unpaired) electrons. The molecular formula is C22H19ClN4OS. The molecule has 3 N–H and O–H groups in total. The Balaban J connectivity index is 1.63. The van der Waals surface area contributed by atoms with Crippen molar-refractivity contribution in [2.45, 2.75) is 13.0 Å². The number of primary amides is 1. The van der Waals surface area contributed by atoms with Gasteiger partial charge in [0.05, 0.1) is 22.0 Å². The molecule has 0 fully saturated rings. The maximum absolute atomic E-state index is 10.9. The quantitative estimate of drug-likeness (QED) is 0.468. The highest BCUT2D eigenvalue weighted by Crippen LogP contribution is 2.33. The molecule has 0 atom stereocenters. The van der Waals surface area contributed by atoms with E-state index < -0.39 is 0 Å². The average Bonchev–Trinajstić information content (AvgIpc) is 3.14. The summed E-state index contributed by atoms with van der Waals surface area (Å²) < 4.78 is 1.06. The number of thiazole rings is 1. The van der Waals surface area contributed by atoms with Crippen molar-refractivity contribution in [3.8, 4) is 11.1 Å². The van der Waals surface area contributed by atoms with Crippen LogP contribution in [0.25, 0.3) is 21.3 Å². The molecule has 4 aromatic rings. The maximum Gasteiger partial charge on any atom is 0.231 e. The van der Waals surface area contributed by atoms with Gasteiger partial charge in [-0.3, -0.25) is 9.78 Å². The molecular weight excluding hydrogens is 404 g/mol. The molecule has 146 valence electrons. The Kier molecular flexibility index (Phi) is 5.85. The molecule has 0 saturated carbocycles. The van der Waals surface area contributed by atoms with Gasteiger partial charge in [0.1, 0.15) is 10.5 Å². The van der Waals surface area contributed by atoms with Gasteiger partial charge in [0, 0.05) is 24.7 Å². The number of carbonyl (C=O) groups is 1. The molecule has 29 heavy (non-hydrogen) atoms. The molecule has 2 aromatic carbocycles. The Morgan fingerprint density at radius 3 is 2.72 bits per heavy atom. The highest BCUT2D eigenvalue weighted by molar-refractivity contribution is 7.18. The first kappa shape index (κ1) is 19.5. The second-order valence-corrected chi connectivity index (χ2v) is 8.10. The van der Waals surface area contributed by atoms with Crippen LogP contribution < -0.4 is 11.1 Å². The molecule has 2 aromatic heterocycles. The van der Waals surface area contributed by atoms with E-state index in [0.717, 1.165) is 42.6 Å². The number of amides is 1. The topological polar surface area (TPSA) is 80.9 Å². The van der Waals surface area contributed by atoms with E-state index in [1.54, 1.807) is 17.5 Å². The first-order valence-electron chi connectivity index (χ1n) is 9.17. The fraction of sp³-hybridized carbons (Fsp3) is 0.136. The van der Waals surface area contributed by atoms with E-state index in [2.05, 4.69) is 22.4 Å². The molecule has 0 aliphatic carbocycles. The standard InChI is InChI=1S/C22H19ClN4OS/c23-21-15(7-4-8-16(21)14-5-2-1-3-6-14)11-17-22-18(9-10-26-17)29-20(27-22)13-25-12-19(24)28/h1-10,25H,11-13H2,(H2,24,28). The van der Waals surface area contributed by atoms with Crippen molar-refractivity contribution in [1.29, 1.82) is 0 Å². The van der Waals surface area contributed by atoms with Crippen LogP contribution in [0.5, 0.6) is 0 Å². The minimum atomic E-state index is -0.388. The van der Waals surface area contributed by atoms with Gasteiger partial charge in [-0.25, -0.2) is 4.98 Å². The molecule has 0 spiro atoms. The van der Waals surface area contributed by atoms with Crippen molar-refractivity contribution in [1.82, 2.24) is 15.3 Å². The molecule has 7 heteroatoms. The van der Waals surface area contributed by atoms with Gasteiger partial charge in [-0.15, -0.1) is 11.3 Å². The lowest BCUT2D eigenvalue weighted by Crippen LogP contribution is -2.27.